The van der Waals surface area contributed by atoms with E-state index in [4.69, 9.17) is 13.9 Å². The van der Waals surface area contributed by atoms with E-state index in [-0.39, 0.29) is 6.79 Å². The van der Waals surface area contributed by atoms with Crippen LogP contribution in [0, 0.1) is 0 Å². The number of carbonyl (C=O) groups is 2. The van der Waals surface area contributed by atoms with Gasteiger partial charge in [-0.2, -0.15) is 0 Å². The highest BCUT2D eigenvalue weighted by Crippen LogP contribution is 2.32. The Morgan fingerprint density at radius 3 is 2.65 bits per heavy atom. The van der Waals surface area contributed by atoms with Crippen LogP contribution in [-0.2, 0) is 0 Å². The Balaban J connectivity index is 1.42. The molecule has 3 aromatic rings. The number of fused-ring (bicyclic) bond motifs is 1. The zero-order valence-corrected chi connectivity index (χ0v) is 13.5. The van der Waals surface area contributed by atoms with Crippen LogP contribution in [0.3, 0.4) is 0 Å². The quantitative estimate of drug-likeness (QED) is 0.753. The number of furan rings is 1. The van der Waals surface area contributed by atoms with E-state index in [2.05, 4.69) is 10.6 Å². The molecule has 0 aliphatic carbocycles. The van der Waals surface area contributed by atoms with Crippen LogP contribution in [-0.4, -0.2) is 18.7 Å². The number of urea groups is 1. The van der Waals surface area contributed by atoms with E-state index in [9.17, 15) is 9.59 Å². The summed E-state index contributed by atoms with van der Waals surface area (Å²) in [5.41, 5.74) is 1.65. The summed E-state index contributed by atoms with van der Waals surface area (Å²) in [6.07, 6.45) is 1.58. The molecule has 1 aliphatic rings. The predicted octanol–water partition coefficient (Wildman–Crippen LogP) is 3.64. The summed E-state index contributed by atoms with van der Waals surface area (Å²) in [6, 6.07) is 14.8. The number of hydrogen-bond acceptors (Lipinski definition) is 5. The van der Waals surface area contributed by atoms with Crippen LogP contribution in [0.25, 0.3) is 11.3 Å². The molecule has 0 bridgehead atoms. The van der Waals surface area contributed by atoms with Gasteiger partial charge in [-0.3, -0.25) is 10.1 Å². The topological polar surface area (TPSA) is 89.8 Å². The lowest BCUT2D eigenvalue weighted by atomic mass is 10.1. The van der Waals surface area contributed by atoms with Crippen LogP contribution >= 0.6 is 0 Å². The maximum atomic E-state index is 12.2. The zero-order chi connectivity index (χ0) is 17.9. The number of ether oxygens (including phenoxy) is 2. The molecule has 2 aromatic carbocycles. The Morgan fingerprint density at radius 2 is 1.81 bits per heavy atom. The number of rotatable bonds is 3. The zero-order valence-electron chi connectivity index (χ0n) is 13.5. The second kappa shape index (κ2) is 6.64. The van der Waals surface area contributed by atoms with Crippen molar-refractivity contribution >= 4 is 17.6 Å². The molecule has 0 unspecified atom stereocenters. The van der Waals surface area contributed by atoms with Crippen molar-refractivity contribution in [2.75, 3.05) is 12.1 Å². The van der Waals surface area contributed by atoms with Gasteiger partial charge < -0.3 is 19.2 Å². The first-order chi connectivity index (χ1) is 12.7. The SMILES string of the molecule is O=C(NC(=O)c1ccc2c(c1)OCO2)Nc1cccc(-c2ccco2)c1. The van der Waals surface area contributed by atoms with Crippen LogP contribution < -0.4 is 20.1 Å². The lowest BCUT2D eigenvalue weighted by Crippen LogP contribution is -2.34. The number of carbonyl (C=O) groups excluding carboxylic acids is 2. The first kappa shape index (κ1) is 15.8. The average Bonchev–Trinajstić information content (AvgIpc) is 3.33. The van der Waals surface area contributed by atoms with E-state index >= 15 is 0 Å². The minimum Gasteiger partial charge on any atom is -0.464 e. The minimum atomic E-state index is -0.635. The molecule has 1 aliphatic heterocycles. The van der Waals surface area contributed by atoms with Crippen molar-refractivity contribution < 1.29 is 23.5 Å². The lowest BCUT2D eigenvalue weighted by Gasteiger charge is -2.08. The van der Waals surface area contributed by atoms with E-state index in [1.54, 1.807) is 42.7 Å². The van der Waals surface area contributed by atoms with Crippen molar-refractivity contribution in [1.29, 1.82) is 0 Å². The molecule has 4 rings (SSSR count). The van der Waals surface area contributed by atoms with Gasteiger partial charge in [0.2, 0.25) is 6.79 Å². The molecular formula is C19H14N2O5. The third kappa shape index (κ3) is 3.23. The normalized spacial score (nSPS) is 11.8. The van der Waals surface area contributed by atoms with Crippen molar-refractivity contribution in [2.24, 2.45) is 0 Å². The maximum Gasteiger partial charge on any atom is 0.326 e. The van der Waals surface area contributed by atoms with Crippen LogP contribution in [0.15, 0.2) is 65.3 Å². The molecule has 2 N–H and O–H groups in total. The summed E-state index contributed by atoms with van der Waals surface area (Å²) in [6.45, 7) is 0.118. The minimum absolute atomic E-state index is 0.118. The van der Waals surface area contributed by atoms with Crippen LogP contribution in [0.4, 0.5) is 10.5 Å². The Bertz CT molecular complexity index is 966. The molecule has 2 heterocycles. The van der Waals surface area contributed by atoms with Crippen molar-refractivity contribution in [3.63, 3.8) is 0 Å². The van der Waals surface area contributed by atoms with E-state index in [1.807, 2.05) is 12.1 Å². The number of amides is 3. The molecule has 0 spiro atoms. The first-order valence-electron chi connectivity index (χ1n) is 7.85. The molecule has 0 fully saturated rings. The predicted molar refractivity (Wildman–Crippen MR) is 93.2 cm³/mol. The molecule has 26 heavy (non-hydrogen) atoms. The van der Waals surface area contributed by atoms with E-state index in [1.165, 1.54) is 6.07 Å². The van der Waals surface area contributed by atoms with Crippen molar-refractivity contribution in [1.82, 2.24) is 5.32 Å². The third-order valence-corrected chi connectivity index (χ3v) is 3.79. The molecule has 0 saturated heterocycles. The van der Waals surface area contributed by atoms with Crippen molar-refractivity contribution in [3.05, 3.63) is 66.4 Å². The molecule has 0 radical (unpaired) electrons. The highest BCUT2D eigenvalue weighted by Gasteiger charge is 2.17. The number of nitrogens with one attached hydrogen (secondary N) is 2. The van der Waals surface area contributed by atoms with Gasteiger partial charge in [0.1, 0.15) is 5.76 Å². The Kier molecular flexibility index (Phi) is 4.03. The fourth-order valence-corrected chi connectivity index (χ4v) is 2.57. The summed E-state index contributed by atoms with van der Waals surface area (Å²) in [5.74, 6) is 1.19. The number of hydrogen-bond donors (Lipinski definition) is 2. The van der Waals surface area contributed by atoms with Gasteiger partial charge in [0, 0.05) is 16.8 Å². The summed E-state index contributed by atoms with van der Waals surface area (Å²) >= 11 is 0. The molecule has 1 aromatic heterocycles. The van der Waals surface area contributed by atoms with Gasteiger partial charge in [-0.05, 0) is 42.5 Å². The Morgan fingerprint density at radius 1 is 0.923 bits per heavy atom. The van der Waals surface area contributed by atoms with E-state index in [0.717, 1.165) is 5.56 Å². The maximum absolute atomic E-state index is 12.2. The van der Waals surface area contributed by atoms with E-state index < -0.39 is 11.9 Å². The van der Waals surface area contributed by atoms with Crippen molar-refractivity contribution in [3.8, 4) is 22.8 Å². The fraction of sp³-hybridized carbons (Fsp3) is 0.0526. The largest absolute Gasteiger partial charge is 0.464 e. The van der Waals surface area contributed by atoms with Crippen LogP contribution in [0.5, 0.6) is 11.5 Å². The molecule has 0 atom stereocenters. The smallest absolute Gasteiger partial charge is 0.326 e. The summed E-state index contributed by atoms with van der Waals surface area (Å²) in [5, 5.41) is 4.91. The van der Waals surface area contributed by atoms with Gasteiger partial charge in [-0.25, -0.2) is 4.79 Å². The van der Waals surface area contributed by atoms with Gasteiger partial charge in [0.05, 0.1) is 6.26 Å². The summed E-state index contributed by atoms with van der Waals surface area (Å²) in [7, 11) is 0. The molecular weight excluding hydrogens is 336 g/mol. The van der Waals surface area contributed by atoms with Gasteiger partial charge in [0.15, 0.2) is 11.5 Å². The summed E-state index contributed by atoms with van der Waals surface area (Å²) < 4.78 is 15.8. The van der Waals surface area contributed by atoms with Gasteiger partial charge in [0.25, 0.3) is 5.91 Å². The van der Waals surface area contributed by atoms with Crippen LogP contribution in [0.2, 0.25) is 0 Å². The molecule has 130 valence electrons. The third-order valence-electron chi connectivity index (χ3n) is 3.79. The van der Waals surface area contributed by atoms with E-state index in [0.29, 0.717) is 28.5 Å². The molecule has 7 heteroatoms. The fourth-order valence-electron chi connectivity index (χ4n) is 2.57. The van der Waals surface area contributed by atoms with Gasteiger partial charge >= 0.3 is 6.03 Å². The molecule has 7 nitrogen and oxygen atoms in total. The summed E-state index contributed by atoms with van der Waals surface area (Å²) in [4.78, 5) is 24.3. The average molecular weight is 350 g/mol. The Hall–Kier alpha value is -3.74. The van der Waals surface area contributed by atoms with Gasteiger partial charge in [-0.1, -0.05) is 12.1 Å². The monoisotopic (exact) mass is 350 g/mol. The standard InChI is InChI=1S/C19H14N2O5/c22-18(13-6-7-16-17(10-13)26-11-25-16)21-19(23)20-14-4-1-3-12(9-14)15-5-2-8-24-15/h1-10H,11H2,(H2,20,21,22,23). The van der Waals surface area contributed by atoms with Crippen molar-refractivity contribution in [2.45, 2.75) is 0 Å². The Labute approximate surface area is 148 Å². The number of imide groups is 1. The molecule has 0 saturated carbocycles. The van der Waals surface area contributed by atoms with Crippen LogP contribution in [0.1, 0.15) is 10.4 Å². The second-order valence-electron chi connectivity index (χ2n) is 5.53. The van der Waals surface area contributed by atoms with Gasteiger partial charge in [-0.15, -0.1) is 0 Å². The molecule has 3 amide bonds. The number of benzene rings is 2. The number of anilines is 1. The highest BCUT2D eigenvalue weighted by atomic mass is 16.7. The first-order valence-corrected chi connectivity index (χ1v) is 7.85. The lowest BCUT2D eigenvalue weighted by molar-refractivity contribution is 0.0966. The highest BCUT2D eigenvalue weighted by molar-refractivity contribution is 6.08. The second-order valence-corrected chi connectivity index (χ2v) is 5.53.